The summed E-state index contributed by atoms with van der Waals surface area (Å²) in [7, 11) is 0. The number of rotatable bonds is 5. The minimum absolute atomic E-state index is 0.0167. The summed E-state index contributed by atoms with van der Waals surface area (Å²) in [4.78, 5) is 13.9. The number of oxime groups is 1. The molecule has 0 saturated heterocycles. The van der Waals surface area contributed by atoms with Gasteiger partial charge in [-0.2, -0.15) is 0 Å². The summed E-state index contributed by atoms with van der Waals surface area (Å²) in [5.41, 5.74) is 4.79. The van der Waals surface area contributed by atoms with Crippen LogP contribution in [0.2, 0.25) is 0 Å². The zero-order valence-electron chi connectivity index (χ0n) is 10.4. The number of carbonyl (C=O) groups is 1. The summed E-state index contributed by atoms with van der Waals surface area (Å²) in [6.45, 7) is 4.58. The van der Waals surface area contributed by atoms with Gasteiger partial charge in [-0.25, -0.2) is 0 Å². The van der Waals surface area contributed by atoms with Gasteiger partial charge in [-0.15, -0.1) is 0 Å². The fourth-order valence-corrected chi connectivity index (χ4v) is 2.55. The second-order valence-corrected chi connectivity index (χ2v) is 4.69. The molecule has 0 heterocycles. The molecule has 1 aliphatic rings. The lowest BCUT2D eigenvalue weighted by Crippen LogP contribution is -2.58. The van der Waals surface area contributed by atoms with Crippen LogP contribution in [0.4, 0.5) is 0 Å². The maximum Gasteiger partial charge on any atom is 0.236 e. The highest BCUT2D eigenvalue weighted by molar-refractivity contribution is 6.07. The normalized spacial score (nSPS) is 28.6. The molecule has 6 nitrogen and oxygen atoms in total. The smallest absolute Gasteiger partial charge is 0.236 e. The molecule has 0 atom stereocenters. The molecule has 0 unspecified atom stereocenters. The van der Waals surface area contributed by atoms with Crippen LogP contribution >= 0.6 is 0 Å². The Labute approximate surface area is 101 Å². The highest BCUT2D eigenvalue weighted by atomic mass is 16.4. The predicted octanol–water partition coefficient (Wildman–Crippen LogP) is -0.0101. The summed E-state index contributed by atoms with van der Waals surface area (Å²) in [6.07, 6.45) is 1.20. The number of aliphatic hydroxyl groups is 1. The number of amides is 1. The van der Waals surface area contributed by atoms with Crippen LogP contribution in [0, 0.1) is 11.3 Å². The lowest BCUT2D eigenvalue weighted by Gasteiger charge is -2.46. The third-order valence-electron chi connectivity index (χ3n) is 3.44. The Morgan fingerprint density at radius 1 is 1.59 bits per heavy atom. The Morgan fingerprint density at radius 3 is 2.53 bits per heavy atom. The quantitative estimate of drug-likeness (QED) is 0.274. The fourth-order valence-electron chi connectivity index (χ4n) is 2.55. The maximum atomic E-state index is 12.4. The largest absolute Gasteiger partial charge is 0.409 e. The van der Waals surface area contributed by atoms with Crippen molar-refractivity contribution in [3.05, 3.63) is 0 Å². The lowest BCUT2D eigenvalue weighted by molar-refractivity contribution is -0.144. The summed E-state index contributed by atoms with van der Waals surface area (Å²) in [5, 5.41) is 20.7. The van der Waals surface area contributed by atoms with Gasteiger partial charge in [0.15, 0.2) is 5.84 Å². The van der Waals surface area contributed by atoms with Crippen molar-refractivity contribution in [2.24, 2.45) is 22.2 Å². The van der Waals surface area contributed by atoms with Crippen LogP contribution in [0.25, 0.3) is 0 Å². The van der Waals surface area contributed by atoms with E-state index in [1.807, 2.05) is 13.8 Å². The van der Waals surface area contributed by atoms with E-state index in [1.165, 1.54) is 0 Å². The maximum absolute atomic E-state index is 12.4. The molecular weight excluding hydrogens is 222 g/mol. The van der Waals surface area contributed by atoms with Crippen LogP contribution in [0.15, 0.2) is 5.16 Å². The van der Waals surface area contributed by atoms with Crippen molar-refractivity contribution in [1.29, 1.82) is 0 Å². The zero-order chi connectivity index (χ0) is 13.1. The van der Waals surface area contributed by atoms with Gasteiger partial charge in [-0.05, 0) is 25.7 Å². The average Bonchev–Trinajstić information content (AvgIpc) is 2.29. The van der Waals surface area contributed by atoms with Crippen molar-refractivity contribution in [1.82, 2.24) is 4.90 Å². The van der Waals surface area contributed by atoms with E-state index in [2.05, 4.69) is 5.16 Å². The number of carbonyl (C=O) groups excluding carboxylic acids is 1. The van der Waals surface area contributed by atoms with E-state index in [0.717, 1.165) is 0 Å². The fraction of sp³-hybridized carbons (Fsp3) is 0.818. The Kier molecular flexibility index (Phi) is 4.34. The first-order valence-corrected chi connectivity index (χ1v) is 5.90. The van der Waals surface area contributed by atoms with Gasteiger partial charge in [0, 0.05) is 13.1 Å². The molecule has 4 N–H and O–H groups in total. The van der Waals surface area contributed by atoms with E-state index in [9.17, 15) is 4.79 Å². The molecule has 6 heteroatoms. The molecule has 0 aromatic heterocycles. The minimum Gasteiger partial charge on any atom is -0.409 e. The Morgan fingerprint density at radius 2 is 2.18 bits per heavy atom. The second kappa shape index (κ2) is 5.35. The average molecular weight is 243 g/mol. The van der Waals surface area contributed by atoms with Crippen LogP contribution in [-0.4, -0.2) is 46.7 Å². The molecule has 1 aliphatic carbocycles. The van der Waals surface area contributed by atoms with Crippen molar-refractivity contribution >= 4 is 11.7 Å². The number of nitrogens with two attached hydrogens (primary N) is 1. The van der Waals surface area contributed by atoms with E-state index in [-0.39, 0.29) is 24.9 Å². The van der Waals surface area contributed by atoms with Crippen molar-refractivity contribution in [3.8, 4) is 0 Å². The molecule has 0 bridgehead atoms. The number of likely N-dealkylation sites (N-methyl/N-ethyl adjacent to an activating group) is 1. The molecule has 1 amide bonds. The summed E-state index contributed by atoms with van der Waals surface area (Å²) >= 11 is 0. The summed E-state index contributed by atoms with van der Waals surface area (Å²) < 4.78 is 0. The lowest BCUT2D eigenvalue weighted by atomic mass is 9.61. The molecule has 0 aromatic carbocycles. The molecule has 0 spiro atoms. The van der Waals surface area contributed by atoms with Crippen molar-refractivity contribution in [2.45, 2.75) is 26.7 Å². The van der Waals surface area contributed by atoms with Gasteiger partial charge < -0.3 is 20.9 Å². The minimum atomic E-state index is -0.862. The topological polar surface area (TPSA) is 99.2 Å². The van der Waals surface area contributed by atoms with E-state index in [4.69, 9.17) is 16.0 Å². The molecule has 0 aliphatic heterocycles. The Balaban J connectivity index is 2.89. The van der Waals surface area contributed by atoms with Gasteiger partial charge in [0.25, 0.3) is 0 Å². The zero-order valence-corrected chi connectivity index (χ0v) is 10.4. The van der Waals surface area contributed by atoms with Gasteiger partial charge in [0.2, 0.25) is 5.91 Å². The van der Waals surface area contributed by atoms with E-state index in [1.54, 1.807) is 4.90 Å². The van der Waals surface area contributed by atoms with Crippen LogP contribution < -0.4 is 5.73 Å². The molecular formula is C11H21N3O3. The number of hydrogen-bond acceptors (Lipinski definition) is 4. The standard InChI is InChI=1S/C11H21N3O3/c1-3-14(4-5-15)10(16)11(9(12)13-17)6-8(2)7-11/h8,15,17H,3-7H2,1-2H3,(H2,12,13). The van der Waals surface area contributed by atoms with E-state index >= 15 is 0 Å². The van der Waals surface area contributed by atoms with Gasteiger partial charge in [-0.1, -0.05) is 12.1 Å². The van der Waals surface area contributed by atoms with Crippen LogP contribution in [0.5, 0.6) is 0 Å². The molecule has 1 saturated carbocycles. The predicted molar refractivity (Wildman–Crippen MR) is 63.6 cm³/mol. The molecule has 0 aromatic rings. The summed E-state index contributed by atoms with van der Waals surface area (Å²) in [6, 6.07) is 0. The summed E-state index contributed by atoms with van der Waals surface area (Å²) in [5.74, 6) is 0.228. The third-order valence-corrected chi connectivity index (χ3v) is 3.44. The van der Waals surface area contributed by atoms with E-state index < -0.39 is 5.41 Å². The molecule has 1 rings (SSSR count). The van der Waals surface area contributed by atoms with E-state index in [0.29, 0.717) is 25.3 Å². The van der Waals surface area contributed by atoms with Gasteiger partial charge in [0.05, 0.1) is 6.61 Å². The molecule has 98 valence electrons. The third kappa shape index (κ3) is 2.36. The van der Waals surface area contributed by atoms with Crippen molar-refractivity contribution in [3.63, 3.8) is 0 Å². The van der Waals surface area contributed by atoms with Gasteiger partial charge in [0.1, 0.15) is 5.41 Å². The first kappa shape index (κ1) is 13.8. The Bertz CT molecular complexity index is 311. The van der Waals surface area contributed by atoms with Crippen LogP contribution in [0.3, 0.4) is 0 Å². The molecule has 17 heavy (non-hydrogen) atoms. The number of hydrogen-bond donors (Lipinski definition) is 3. The highest BCUT2D eigenvalue weighted by Gasteiger charge is 2.53. The van der Waals surface area contributed by atoms with Crippen LogP contribution in [-0.2, 0) is 4.79 Å². The number of amidine groups is 1. The highest BCUT2D eigenvalue weighted by Crippen LogP contribution is 2.46. The first-order valence-electron chi connectivity index (χ1n) is 5.90. The monoisotopic (exact) mass is 243 g/mol. The van der Waals surface area contributed by atoms with Crippen molar-refractivity contribution < 1.29 is 15.1 Å². The first-order chi connectivity index (χ1) is 8.01. The van der Waals surface area contributed by atoms with Gasteiger partial charge >= 0.3 is 0 Å². The Hall–Kier alpha value is -1.30. The molecule has 0 radical (unpaired) electrons. The molecule has 1 fully saturated rings. The SMILES string of the molecule is CCN(CCO)C(=O)C1(C(N)=NO)CC(C)C1. The van der Waals surface area contributed by atoms with Crippen LogP contribution in [0.1, 0.15) is 26.7 Å². The number of nitrogens with zero attached hydrogens (tertiary/aromatic N) is 2. The second-order valence-electron chi connectivity index (χ2n) is 4.69. The van der Waals surface area contributed by atoms with Crippen molar-refractivity contribution in [2.75, 3.05) is 19.7 Å². The number of aliphatic hydroxyl groups excluding tert-OH is 1. The van der Waals surface area contributed by atoms with Gasteiger partial charge in [-0.3, -0.25) is 4.79 Å².